The van der Waals surface area contributed by atoms with E-state index in [1.807, 2.05) is 18.2 Å². The number of aryl methyl sites for hydroxylation is 1. The monoisotopic (exact) mass is 280 g/mol. The Morgan fingerprint density at radius 2 is 1.81 bits per heavy atom. The lowest BCUT2D eigenvalue weighted by atomic mass is 10.1. The van der Waals surface area contributed by atoms with Crippen molar-refractivity contribution >= 4 is 22.3 Å². The lowest BCUT2D eigenvalue weighted by Gasteiger charge is -2.04. The Morgan fingerprint density at radius 1 is 1.05 bits per heavy atom. The van der Waals surface area contributed by atoms with Crippen molar-refractivity contribution in [1.82, 2.24) is 0 Å². The second-order valence-corrected chi connectivity index (χ2v) is 4.59. The summed E-state index contributed by atoms with van der Waals surface area (Å²) in [6.07, 6.45) is 0. The van der Waals surface area contributed by atoms with E-state index in [9.17, 15) is 9.90 Å². The molecule has 0 bridgehead atoms. The van der Waals surface area contributed by atoms with Gasteiger partial charge in [0.15, 0.2) is 11.3 Å². The van der Waals surface area contributed by atoms with Gasteiger partial charge in [0.2, 0.25) is 0 Å². The van der Waals surface area contributed by atoms with Crippen molar-refractivity contribution in [2.24, 2.45) is 10.2 Å². The van der Waals surface area contributed by atoms with Crippen molar-refractivity contribution in [3.8, 4) is 5.75 Å². The summed E-state index contributed by atoms with van der Waals surface area (Å²) in [7, 11) is 0. The van der Waals surface area contributed by atoms with Gasteiger partial charge in [-0.15, -0.1) is 5.11 Å². The fourth-order valence-corrected chi connectivity index (χ4v) is 2.06. The van der Waals surface area contributed by atoms with Gasteiger partial charge >= 0.3 is 5.63 Å². The van der Waals surface area contributed by atoms with Crippen LogP contribution in [0.4, 0.5) is 11.4 Å². The minimum atomic E-state index is -0.484. The Hall–Kier alpha value is -2.95. The molecule has 0 saturated carbocycles. The molecule has 0 amide bonds. The molecular weight excluding hydrogens is 268 g/mol. The molecule has 0 unspecified atom stereocenters. The molecule has 3 aromatic rings. The molecule has 0 aliphatic heterocycles. The summed E-state index contributed by atoms with van der Waals surface area (Å²) < 4.78 is 5.17. The molecule has 1 N–H and O–H groups in total. The number of rotatable bonds is 2. The van der Waals surface area contributed by atoms with Crippen molar-refractivity contribution in [3.63, 3.8) is 0 Å². The van der Waals surface area contributed by atoms with E-state index < -0.39 is 5.63 Å². The zero-order valence-corrected chi connectivity index (χ0v) is 11.3. The molecule has 0 saturated heterocycles. The molecule has 1 aromatic heterocycles. The largest absolute Gasteiger partial charge is 0.505 e. The summed E-state index contributed by atoms with van der Waals surface area (Å²) >= 11 is 0. The number of phenolic OH excluding ortho intramolecular Hbond substituents is 1. The first-order valence-corrected chi connectivity index (χ1v) is 6.38. The molecule has 1 heterocycles. The van der Waals surface area contributed by atoms with Crippen LogP contribution in [-0.4, -0.2) is 5.11 Å². The Morgan fingerprint density at radius 3 is 2.57 bits per heavy atom. The van der Waals surface area contributed by atoms with Crippen LogP contribution in [0.25, 0.3) is 11.0 Å². The standard InChI is InChI=1S/C16H12N2O3/c1-10-9-14(20)21-16-12(10)7-8-13(19)15(16)18-17-11-5-3-2-4-6-11/h2-9,19H,1H3/b18-17+. The highest BCUT2D eigenvalue weighted by Crippen LogP contribution is 2.36. The second kappa shape index (κ2) is 5.20. The summed E-state index contributed by atoms with van der Waals surface area (Å²) in [5.41, 5.74) is 1.31. The summed E-state index contributed by atoms with van der Waals surface area (Å²) in [6.45, 7) is 1.80. The molecule has 104 valence electrons. The Bertz CT molecular complexity index is 883. The minimum Gasteiger partial charge on any atom is -0.505 e. The molecule has 5 nitrogen and oxygen atoms in total. The molecule has 0 spiro atoms. The van der Waals surface area contributed by atoms with Crippen molar-refractivity contribution in [3.05, 3.63) is 64.5 Å². The van der Waals surface area contributed by atoms with Crippen LogP contribution < -0.4 is 5.63 Å². The second-order valence-electron chi connectivity index (χ2n) is 4.59. The van der Waals surface area contributed by atoms with Gasteiger partial charge in [0.05, 0.1) is 5.69 Å². The number of nitrogens with zero attached hydrogens (tertiary/aromatic N) is 2. The van der Waals surface area contributed by atoms with Gasteiger partial charge in [-0.1, -0.05) is 18.2 Å². The highest BCUT2D eigenvalue weighted by molar-refractivity contribution is 5.92. The van der Waals surface area contributed by atoms with Crippen LogP contribution in [0.1, 0.15) is 5.56 Å². The molecule has 5 heteroatoms. The summed E-state index contributed by atoms with van der Waals surface area (Å²) in [5, 5.41) is 18.7. The van der Waals surface area contributed by atoms with Crippen LogP contribution in [0, 0.1) is 6.92 Å². The Labute approximate surface area is 120 Å². The van der Waals surface area contributed by atoms with Crippen LogP contribution in [0.5, 0.6) is 5.75 Å². The van der Waals surface area contributed by atoms with Crippen molar-refractivity contribution in [2.45, 2.75) is 6.92 Å². The van der Waals surface area contributed by atoms with Gasteiger partial charge in [0.25, 0.3) is 0 Å². The molecule has 2 aromatic carbocycles. The Balaban J connectivity index is 2.20. The molecule has 0 aliphatic carbocycles. The third kappa shape index (κ3) is 2.53. The normalized spacial score (nSPS) is 11.3. The number of phenols is 1. The zero-order valence-electron chi connectivity index (χ0n) is 11.3. The number of aromatic hydroxyl groups is 1. The van der Waals surface area contributed by atoms with Gasteiger partial charge < -0.3 is 9.52 Å². The van der Waals surface area contributed by atoms with Crippen LogP contribution in [0.15, 0.2) is 68.0 Å². The summed E-state index contributed by atoms with van der Waals surface area (Å²) in [4.78, 5) is 11.5. The van der Waals surface area contributed by atoms with Gasteiger partial charge in [-0.2, -0.15) is 5.11 Å². The van der Waals surface area contributed by atoms with Crippen molar-refractivity contribution in [1.29, 1.82) is 0 Å². The maximum absolute atomic E-state index is 11.5. The number of hydrogen-bond donors (Lipinski definition) is 1. The van der Waals surface area contributed by atoms with E-state index in [-0.39, 0.29) is 17.0 Å². The highest BCUT2D eigenvalue weighted by Gasteiger charge is 2.11. The fraction of sp³-hybridized carbons (Fsp3) is 0.0625. The van der Waals surface area contributed by atoms with Gasteiger partial charge in [-0.3, -0.25) is 0 Å². The van der Waals surface area contributed by atoms with Crippen LogP contribution in [0.2, 0.25) is 0 Å². The quantitative estimate of drug-likeness (QED) is 0.564. The maximum atomic E-state index is 11.5. The molecule has 21 heavy (non-hydrogen) atoms. The third-order valence-corrected chi connectivity index (χ3v) is 3.09. The summed E-state index contributed by atoms with van der Waals surface area (Å²) in [5.74, 6) is -0.0871. The van der Waals surface area contributed by atoms with Gasteiger partial charge in [-0.25, -0.2) is 4.79 Å². The third-order valence-electron chi connectivity index (χ3n) is 3.09. The van der Waals surface area contributed by atoms with Crippen LogP contribution >= 0.6 is 0 Å². The Kier molecular flexibility index (Phi) is 3.23. The predicted octanol–water partition coefficient (Wildman–Crippen LogP) is 4.22. The SMILES string of the molecule is Cc1cc(=O)oc2c(/N=N/c3ccccc3)c(O)ccc12. The first-order valence-electron chi connectivity index (χ1n) is 6.38. The lowest BCUT2D eigenvalue weighted by Crippen LogP contribution is -1.97. The van der Waals surface area contributed by atoms with E-state index in [4.69, 9.17) is 4.42 Å². The van der Waals surface area contributed by atoms with Gasteiger partial charge in [-0.05, 0) is 36.8 Å². The minimum absolute atomic E-state index is 0.0871. The molecular formula is C16H12N2O3. The number of benzene rings is 2. The molecule has 0 aliphatic rings. The first-order chi connectivity index (χ1) is 10.1. The molecule has 3 rings (SSSR count). The lowest BCUT2D eigenvalue weighted by molar-refractivity contribution is 0.474. The van der Waals surface area contributed by atoms with E-state index in [0.717, 1.165) is 10.9 Å². The highest BCUT2D eigenvalue weighted by atomic mass is 16.4. The van der Waals surface area contributed by atoms with E-state index in [2.05, 4.69) is 10.2 Å². The number of azo groups is 1. The number of hydrogen-bond acceptors (Lipinski definition) is 5. The van der Waals surface area contributed by atoms with Crippen molar-refractivity contribution in [2.75, 3.05) is 0 Å². The smallest absolute Gasteiger partial charge is 0.336 e. The average molecular weight is 280 g/mol. The van der Waals surface area contributed by atoms with Crippen LogP contribution in [-0.2, 0) is 0 Å². The maximum Gasteiger partial charge on any atom is 0.336 e. The average Bonchev–Trinajstić information content (AvgIpc) is 2.47. The topological polar surface area (TPSA) is 75.2 Å². The molecule has 0 fully saturated rings. The molecule has 0 atom stereocenters. The van der Waals surface area contributed by atoms with Crippen molar-refractivity contribution < 1.29 is 9.52 Å². The van der Waals surface area contributed by atoms with Crippen LogP contribution in [0.3, 0.4) is 0 Å². The van der Waals surface area contributed by atoms with Gasteiger partial charge in [0.1, 0.15) is 5.75 Å². The van der Waals surface area contributed by atoms with E-state index in [1.54, 1.807) is 25.1 Å². The summed E-state index contributed by atoms with van der Waals surface area (Å²) in [6, 6.07) is 13.7. The first kappa shape index (κ1) is 13.1. The predicted molar refractivity (Wildman–Crippen MR) is 79.5 cm³/mol. The molecule has 0 radical (unpaired) electrons. The number of fused-ring (bicyclic) bond motifs is 1. The van der Waals surface area contributed by atoms with E-state index in [1.165, 1.54) is 12.1 Å². The van der Waals surface area contributed by atoms with E-state index >= 15 is 0 Å². The van der Waals surface area contributed by atoms with E-state index in [0.29, 0.717) is 5.69 Å². The van der Waals surface area contributed by atoms with Gasteiger partial charge in [0, 0.05) is 11.5 Å². The fourth-order valence-electron chi connectivity index (χ4n) is 2.06. The zero-order chi connectivity index (χ0) is 14.8.